The van der Waals surface area contributed by atoms with Gasteiger partial charge in [0.2, 0.25) is 0 Å². The van der Waals surface area contributed by atoms with E-state index >= 15 is 0 Å². The summed E-state index contributed by atoms with van der Waals surface area (Å²) in [6, 6.07) is 0. The quantitative estimate of drug-likeness (QED) is 0.166. The molecule has 0 N–H and O–H groups in total. The van der Waals surface area contributed by atoms with Crippen LogP contribution in [-0.4, -0.2) is 24.3 Å². The Morgan fingerprint density at radius 2 is 1.35 bits per heavy atom. The van der Waals surface area contributed by atoms with E-state index in [0.29, 0.717) is 5.76 Å². The monoisotopic (exact) mass is 464 g/mol. The molecule has 0 aromatic rings. The van der Waals surface area contributed by atoms with Gasteiger partial charge >= 0.3 is 165 Å². The van der Waals surface area contributed by atoms with Gasteiger partial charge in [-0.25, -0.2) is 0 Å². The molecule has 1 aliphatic heterocycles. The summed E-state index contributed by atoms with van der Waals surface area (Å²) in [5.41, 5.74) is 0. The van der Waals surface area contributed by atoms with Gasteiger partial charge in [0.1, 0.15) is 0 Å². The Labute approximate surface area is 164 Å². The molecule has 26 heavy (non-hydrogen) atoms. The van der Waals surface area contributed by atoms with Crippen LogP contribution in [0.25, 0.3) is 0 Å². The van der Waals surface area contributed by atoms with Gasteiger partial charge in [0.25, 0.3) is 0 Å². The van der Waals surface area contributed by atoms with E-state index in [2.05, 4.69) is 43.1 Å². The average molecular weight is 463 g/mol. The Kier molecular flexibility index (Phi) is 12.5. The van der Waals surface area contributed by atoms with Crippen molar-refractivity contribution < 1.29 is 9.53 Å². The van der Waals surface area contributed by atoms with E-state index in [4.69, 9.17) is 4.74 Å². The molecule has 1 heterocycles. The number of hydrogen-bond donors (Lipinski definition) is 0. The van der Waals surface area contributed by atoms with Crippen LogP contribution < -0.4 is 0 Å². The fourth-order valence-corrected chi connectivity index (χ4v) is 17.3. The molecule has 1 aliphatic rings. The molecule has 144 valence electrons. The zero-order chi connectivity index (χ0) is 19.1. The van der Waals surface area contributed by atoms with Crippen molar-refractivity contribution in [2.45, 2.75) is 72.6 Å². The Hall–Kier alpha value is -1.03. The molecule has 0 radical (unpaired) electrons. The molecular formula is C23H36O2Sn. The van der Waals surface area contributed by atoms with E-state index < -0.39 is 18.4 Å². The van der Waals surface area contributed by atoms with E-state index in [-0.39, 0.29) is 5.97 Å². The second-order valence-electron chi connectivity index (χ2n) is 7.13. The predicted molar refractivity (Wildman–Crippen MR) is 116 cm³/mol. The molecule has 1 rings (SSSR count). The van der Waals surface area contributed by atoms with Gasteiger partial charge in [0.05, 0.1) is 0 Å². The molecule has 0 saturated heterocycles. The van der Waals surface area contributed by atoms with E-state index in [1.165, 1.54) is 57.9 Å². The molecule has 0 aromatic heterocycles. The Bertz CT molecular complexity index is 531. The van der Waals surface area contributed by atoms with Crippen molar-refractivity contribution in [1.82, 2.24) is 0 Å². The van der Waals surface area contributed by atoms with Gasteiger partial charge in [0.15, 0.2) is 0 Å². The standard InChI is InChI=1S/C11H9O2.3C4H9.Sn/c1-2-3-4-5-6-7-10-8-9-11(12)13-10;3*1-3-4-2;/h1-9H;3*1,3-4H2,2H3;/b2-1?,4-3+,6-5+,10-7-;;;;. The van der Waals surface area contributed by atoms with E-state index in [9.17, 15) is 4.79 Å². The fourth-order valence-electron chi connectivity index (χ4n) is 3.24. The zero-order valence-electron chi connectivity index (χ0n) is 16.9. The first-order chi connectivity index (χ1) is 12.7. The summed E-state index contributed by atoms with van der Waals surface area (Å²) in [7, 11) is 0. The first-order valence-corrected chi connectivity index (χ1v) is 18.0. The van der Waals surface area contributed by atoms with Crippen LogP contribution in [0.3, 0.4) is 0 Å². The van der Waals surface area contributed by atoms with Crippen LogP contribution >= 0.6 is 0 Å². The van der Waals surface area contributed by atoms with E-state index in [1.807, 2.05) is 18.2 Å². The van der Waals surface area contributed by atoms with Gasteiger partial charge in [-0.15, -0.1) is 0 Å². The number of rotatable bonds is 13. The van der Waals surface area contributed by atoms with Crippen molar-refractivity contribution in [3.8, 4) is 0 Å². The van der Waals surface area contributed by atoms with Gasteiger partial charge in [-0.3, -0.25) is 0 Å². The number of ether oxygens (including phenoxy) is 1. The number of allylic oxidation sites excluding steroid dienone is 7. The third kappa shape index (κ3) is 9.61. The molecule has 0 atom stereocenters. The van der Waals surface area contributed by atoms with Crippen molar-refractivity contribution >= 4 is 24.3 Å². The Morgan fingerprint density at radius 3 is 1.85 bits per heavy atom. The average Bonchev–Trinajstić information content (AvgIpc) is 3.07. The first-order valence-electron chi connectivity index (χ1n) is 10.3. The number of carbonyl (C=O) groups excluding carboxylic acids is 1. The van der Waals surface area contributed by atoms with Crippen LogP contribution in [0.2, 0.25) is 13.3 Å². The van der Waals surface area contributed by atoms with Crippen molar-refractivity contribution in [2.75, 3.05) is 0 Å². The first kappa shape index (κ1) is 23.0. The zero-order valence-corrected chi connectivity index (χ0v) is 19.7. The summed E-state index contributed by atoms with van der Waals surface area (Å²) >= 11 is -2.14. The van der Waals surface area contributed by atoms with Crippen LogP contribution in [0, 0.1) is 0 Å². The minimum absolute atomic E-state index is 0.293. The predicted octanol–water partition coefficient (Wildman–Crippen LogP) is 7.04. The third-order valence-corrected chi connectivity index (χ3v) is 19.0. The van der Waals surface area contributed by atoms with Gasteiger partial charge < -0.3 is 0 Å². The van der Waals surface area contributed by atoms with E-state index in [1.54, 1.807) is 6.08 Å². The molecular weight excluding hydrogens is 427 g/mol. The molecule has 0 aromatic carbocycles. The number of hydrogen-bond acceptors (Lipinski definition) is 2. The molecule has 0 bridgehead atoms. The maximum atomic E-state index is 11.0. The van der Waals surface area contributed by atoms with Crippen molar-refractivity contribution in [3.63, 3.8) is 0 Å². The molecule has 0 spiro atoms. The van der Waals surface area contributed by atoms with Crippen molar-refractivity contribution in [1.29, 1.82) is 0 Å². The summed E-state index contributed by atoms with van der Waals surface area (Å²) in [4.78, 5) is 11.0. The summed E-state index contributed by atoms with van der Waals surface area (Å²) in [6.45, 7) is 6.95. The SMILES string of the molecule is CCC[CH2][Sn](/[CH]=C/C=C/C=C/C=C1/C=CC(=O)O1)([CH2]CCC)[CH2]CCC. The summed E-state index contributed by atoms with van der Waals surface area (Å²) < 4.78 is 12.2. The second kappa shape index (κ2) is 14.1. The molecule has 0 fully saturated rings. The van der Waals surface area contributed by atoms with Crippen LogP contribution in [-0.2, 0) is 9.53 Å². The third-order valence-electron chi connectivity index (χ3n) is 4.84. The topological polar surface area (TPSA) is 26.3 Å². The fraction of sp³-hybridized carbons (Fsp3) is 0.522. The molecule has 0 unspecified atom stereocenters. The number of unbranched alkanes of at least 4 members (excludes halogenated alkanes) is 3. The van der Waals surface area contributed by atoms with Crippen LogP contribution in [0.1, 0.15) is 59.3 Å². The molecule has 2 nitrogen and oxygen atoms in total. The number of cyclic esters (lactones) is 1. The van der Waals surface area contributed by atoms with Gasteiger partial charge in [-0.05, 0) is 0 Å². The molecule has 0 amide bonds. The maximum absolute atomic E-state index is 11.0. The normalized spacial score (nSPS) is 16.7. The van der Waals surface area contributed by atoms with Crippen molar-refractivity contribution in [2.24, 2.45) is 0 Å². The summed E-state index contributed by atoms with van der Waals surface area (Å²) in [6.07, 6.45) is 23.5. The van der Waals surface area contributed by atoms with Gasteiger partial charge in [0, 0.05) is 0 Å². The summed E-state index contributed by atoms with van der Waals surface area (Å²) in [5.74, 6) is 0.308. The van der Waals surface area contributed by atoms with E-state index in [0.717, 1.165) is 0 Å². The van der Waals surface area contributed by atoms with Crippen LogP contribution in [0.15, 0.2) is 58.5 Å². The molecule has 3 heteroatoms. The van der Waals surface area contributed by atoms with Crippen molar-refractivity contribution in [3.05, 3.63) is 58.5 Å². The second-order valence-corrected chi connectivity index (χ2v) is 20.1. The minimum atomic E-state index is -2.14. The molecule has 0 saturated carbocycles. The Morgan fingerprint density at radius 1 is 0.808 bits per heavy atom. The van der Waals surface area contributed by atoms with Gasteiger partial charge in [-0.2, -0.15) is 0 Å². The van der Waals surface area contributed by atoms with Gasteiger partial charge in [-0.1, -0.05) is 0 Å². The van der Waals surface area contributed by atoms with Crippen LogP contribution in [0.5, 0.6) is 0 Å². The van der Waals surface area contributed by atoms with Crippen LogP contribution in [0.4, 0.5) is 0 Å². The number of esters is 1. The summed E-state index contributed by atoms with van der Waals surface area (Å²) in [5, 5.41) is 0. The molecule has 0 aliphatic carbocycles. The Balaban J connectivity index is 2.65. The number of carbonyl (C=O) groups is 1.